The average molecular weight is 475 g/mol. The molecule has 0 radical (unpaired) electrons. The second-order valence-electron chi connectivity index (χ2n) is 8.76. The Morgan fingerprint density at radius 3 is 2.68 bits per heavy atom. The van der Waals surface area contributed by atoms with Crippen LogP contribution in [0.3, 0.4) is 0 Å². The summed E-state index contributed by atoms with van der Waals surface area (Å²) in [6, 6.07) is 13.5. The van der Waals surface area contributed by atoms with Crippen LogP contribution in [0, 0.1) is 13.8 Å². The number of anilines is 2. The standard InChI is InChI=1S/C25H27N6O2P/c1-16-13-19(7-8-21(16)33-20-9-11-30(3)12-10-20)27-25-26-15-18-14-17(2)31(24(18)29-25)22-5-4-6-23(28-22)34-32/h4-8,13-15,20H,9-12H2,1-3H3,(H,26,27,29). The van der Waals surface area contributed by atoms with Crippen LogP contribution in [0.1, 0.15) is 24.1 Å². The molecule has 4 heterocycles. The Kier molecular flexibility index (Phi) is 6.26. The maximum absolute atomic E-state index is 11.3. The van der Waals surface area contributed by atoms with Gasteiger partial charge in [-0.15, -0.1) is 0 Å². The molecule has 8 nitrogen and oxygen atoms in total. The lowest BCUT2D eigenvalue weighted by molar-refractivity contribution is 0.113. The first-order valence-corrected chi connectivity index (χ1v) is 12.2. The normalized spacial score (nSPS) is 15.1. The fourth-order valence-electron chi connectivity index (χ4n) is 4.33. The third-order valence-electron chi connectivity index (χ3n) is 6.16. The van der Waals surface area contributed by atoms with Gasteiger partial charge in [0.15, 0.2) is 5.65 Å². The van der Waals surface area contributed by atoms with Crippen LogP contribution in [0.5, 0.6) is 5.75 Å². The number of nitrogens with one attached hydrogen (secondary N) is 1. The lowest BCUT2D eigenvalue weighted by Gasteiger charge is -2.29. The first-order chi connectivity index (χ1) is 16.5. The van der Waals surface area contributed by atoms with E-state index in [9.17, 15) is 4.57 Å². The Hall–Kier alpha value is -3.35. The fraction of sp³-hybridized carbons (Fsp3) is 0.320. The maximum atomic E-state index is 11.3. The van der Waals surface area contributed by atoms with E-state index in [0.29, 0.717) is 17.2 Å². The van der Waals surface area contributed by atoms with E-state index in [-0.39, 0.29) is 14.6 Å². The SMILES string of the molecule is Cc1cc(Nc2ncc3cc(C)n(-c4cccc(P=O)n4)c3n2)ccc1OC1CCN(C)CC1. The minimum absolute atomic E-state index is 0.112. The summed E-state index contributed by atoms with van der Waals surface area (Å²) in [5.41, 5.74) is 4.15. The predicted molar refractivity (Wildman–Crippen MR) is 134 cm³/mol. The van der Waals surface area contributed by atoms with Crippen molar-refractivity contribution in [2.75, 3.05) is 25.5 Å². The van der Waals surface area contributed by atoms with E-state index < -0.39 is 0 Å². The number of fused-ring (bicyclic) bond motifs is 1. The van der Waals surface area contributed by atoms with Crippen molar-refractivity contribution in [1.29, 1.82) is 0 Å². The molecule has 1 N–H and O–H groups in total. The van der Waals surface area contributed by atoms with Crippen LogP contribution in [0.15, 0.2) is 48.7 Å². The van der Waals surface area contributed by atoms with Crippen LogP contribution < -0.4 is 15.5 Å². The molecule has 1 saturated heterocycles. The monoisotopic (exact) mass is 474 g/mol. The van der Waals surface area contributed by atoms with E-state index >= 15 is 0 Å². The molecule has 174 valence electrons. The predicted octanol–water partition coefficient (Wildman–Crippen LogP) is 4.57. The van der Waals surface area contributed by atoms with Crippen molar-refractivity contribution < 1.29 is 9.30 Å². The molecule has 1 fully saturated rings. The van der Waals surface area contributed by atoms with Crippen LogP contribution in [0.4, 0.5) is 11.6 Å². The van der Waals surface area contributed by atoms with E-state index in [4.69, 9.17) is 9.72 Å². The van der Waals surface area contributed by atoms with Gasteiger partial charge in [-0.1, -0.05) is 6.07 Å². The zero-order valence-corrected chi connectivity index (χ0v) is 20.4. The average Bonchev–Trinajstić information content (AvgIpc) is 3.17. The minimum Gasteiger partial charge on any atom is -0.490 e. The zero-order valence-electron chi connectivity index (χ0n) is 19.5. The van der Waals surface area contributed by atoms with Crippen LogP contribution >= 0.6 is 8.46 Å². The summed E-state index contributed by atoms with van der Waals surface area (Å²) in [5.74, 6) is 2.09. The van der Waals surface area contributed by atoms with Gasteiger partial charge in [0.25, 0.3) is 0 Å². The molecule has 0 aliphatic carbocycles. The molecule has 0 spiro atoms. The Labute approximate surface area is 200 Å². The van der Waals surface area contributed by atoms with Gasteiger partial charge >= 0.3 is 0 Å². The number of piperidine rings is 1. The van der Waals surface area contributed by atoms with Crippen molar-refractivity contribution in [1.82, 2.24) is 24.4 Å². The largest absolute Gasteiger partial charge is 0.490 e. The number of hydrogen-bond acceptors (Lipinski definition) is 7. The Bertz CT molecular complexity index is 1350. The van der Waals surface area contributed by atoms with E-state index in [0.717, 1.165) is 59.7 Å². The van der Waals surface area contributed by atoms with Gasteiger partial charge in [0.1, 0.15) is 23.1 Å². The van der Waals surface area contributed by atoms with Crippen LogP contribution in [0.25, 0.3) is 16.9 Å². The van der Waals surface area contributed by atoms with E-state index in [1.807, 2.05) is 41.8 Å². The highest BCUT2D eigenvalue weighted by Gasteiger charge is 2.19. The molecule has 0 amide bonds. The van der Waals surface area contributed by atoms with Crippen molar-refractivity contribution in [3.8, 4) is 11.6 Å². The van der Waals surface area contributed by atoms with Crippen LogP contribution in [-0.2, 0) is 4.57 Å². The number of ether oxygens (including phenoxy) is 1. The summed E-state index contributed by atoms with van der Waals surface area (Å²) < 4.78 is 19.5. The molecule has 3 aromatic heterocycles. The quantitative estimate of drug-likeness (QED) is 0.410. The van der Waals surface area contributed by atoms with Gasteiger partial charge in [0, 0.05) is 36.1 Å². The summed E-state index contributed by atoms with van der Waals surface area (Å²) in [4.78, 5) is 16.1. The fourth-order valence-corrected chi connectivity index (χ4v) is 4.62. The Balaban J connectivity index is 1.38. The minimum atomic E-state index is -0.112. The molecule has 5 rings (SSSR count). The molecule has 0 unspecified atom stereocenters. The first-order valence-electron chi connectivity index (χ1n) is 11.4. The summed E-state index contributed by atoms with van der Waals surface area (Å²) in [6.07, 6.45) is 4.17. The van der Waals surface area contributed by atoms with Gasteiger partial charge < -0.3 is 15.0 Å². The van der Waals surface area contributed by atoms with Crippen LogP contribution in [-0.4, -0.2) is 50.7 Å². The van der Waals surface area contributed by atoms with E-state index in [1.165, 1.54) is 0 Å². The zero-order chi connectivity index (χ0) is 23.7. The van der Waals surface area contributed by atoms with Gasteiger partial charge in [-0.05, 0) is 75.7 Å². The number of hydrogen-bond donors (Lipinski definition) is 1. The number of pyridine rings is 1. The van der Waals surface area contributed by atoms with Crippen molar-refractivity contribution in [2.24, 2.45) is 0 Å². The van der Waals surface area contributed by atoms with Gasteiger partial charge in [-0.2, -0.15) is 4.98 Å². The third kappa shape index (κ3) is 4.65. The number of nitrogens with zero attached hydrogens (tertiary/aromatic N) is 5. The van der Waals surface area contributed by atoms with Gasteiger partial charge in [0.2, 0.25) is 14.4 Å². The van der Waals surface area contributed by atoms with Gasteiger partial charge in [0.05, 0.1) is 0 Å². The van der Waals surface area contributed by atoms with Crippen LogP contribution in [0.2, 0.25) is 0 Å². The number of likely N-dealkylation sites (tertiary alicyclic amines) is 1. The molecule has 34 heavy (non-hydrogen) atoms. The molecule has 1 aliphatic heterocycles. The molecule has 9 heteroatoms. The highest BCUT2D eigenvalue weighted by Crippen LogP contribution is 2.27. The Morgan fingerprint density at radius 2 is 1.91 bits per heavy atom. The lowest BCUT2D eigenvalue weighted by atomic mass is 10.1. The second kappa shape index (κ2) is 9.49. The highest BCUT2D eigenvalue weighted by molar-refractivity contribution is 7.33. The van der Waals surface area contributed by atoms with Crippen molar-refractivity contribution >= 4 is 36.6 Å². The number of aromatic nitrogens is 4. The molecule has 1 aliphatic rings. The molecule has 0 bridgehead atoms. The molecule has 0 saturated carbocycles. The smallest absolute Gasteiger partial charge is 0.229 e. The summed E-state index contributed by atoms with van der Waals surface area (Å²) >= 11 is 0. The second-order valence-corrected chi connectivity index (χ2v) is 9.41. The third-order valence-corrected chi connectivity index (χ3v) is 6.59. The number of rotatable bonds is 6. The Morgan fingerprint density at radius 1 is 1.09 bits per heavy atom. The van der Waals surface area contributed by atoms with Crippen molar-refractivity contribution in [3.63, 3.8) is 0 Å². The summed E-state index contributed by atoms with van der Waals surface area (Å²) in [7, 11) is 2.04. The lowest BCUT2D eigenvalue weighted by Crippen LogP contribution is -2.35. The van der Waals surface area contributed by atoms with Gasteiger partial charge in [-0.3, -0.25) is 9.13 Å². The molecular formula is C25H27N6O2P. The summed E-state index contributed by atoms with van der Waals surface area (Å²) in [6.45, 7) is 6.19. The molecular weight excluding hydrogens is 447 g/mol. The maximum Gasteiger partial charge on any atom is 0.229 e. The number of benzene rings is 1. The molecule has 4 aromatic rings. The van der Waals surface area contributed by atoms with Crippen molar-refractivity contribution in [2.45, 2.75) is 32.8 Å². The first kappa shape index (κ1) is 22.4. The van der Waals surface area contributed by atoms with Crippen molar-refractivity contribution in [3.05, 3.63) is 59.9 Å². The van der Waals surface area contributed by atoms with E-state index in [1.54, 1.807) is 12.3 Å². The summed E-state index contributed by atoms with van der Waals surface area (Å²) in [5, 5.41) is 4.22. The molecule has 0 atom stereocenters. The number of aryl methyl sites for hydroxylation is 2. The molecule has 1 aromatic carbocycles. The topological polar surface area (TPSA) is 85.2 Å². The highest BCUT2D eigenvalue weighted by atomic mass is 31.1. The van der Waals surface area contributed by atoms with E-state index in [2.05, 4.69) is 40.2 Å². The van der Waals surface area contributed by atoms with Gasteiger partial charge in [-0.25, -0.2) is 9.97 Å².